The zero-order chi connectivity index (χ0) is 17.1. The first kappa shape index (κ1) is 16.7. The average Bonchev–Trinajstić information content (AvgIpc) is 3.27. The predicted molar refractivity (Wildman–Crippen MR) is 97.6 cm³/mol. The maximum Gasteiger partial charge on any atom is 0.251 e. The Morgan fingerprint density at radius 1 is 1.40 bits per heavy atom. The van der Waals surface area contributed by atoms with Crippen molar-refractivity contribution in [2.24, 2.45) is 0 Å². The van der Waals surface area contributed by atoms with E-state index in [1.54, 1.807) is 11.3 Å². The Morgan fingerprint density at radius 3 is 3.08 bits per heavy atom. The van der Waals surface area contributed by atoms with E-state index < -0.39 is 0 Å². The lowest BCUT2D eigenvalue weighted by Crippen LogP contribution is -2.49. The third kappa shape index (κ3) is 3.92. The molecule has 0 bridgehead atoms. The van der Waals surface area contributed by atoms with Crippen LogP contribution in [0.2, 0.25) is 0 Å². The van der Waals surface area contributed by atoms with E-state index >= 15 is 0 Å². The molecule has 0 unspecified atom stereocenters. The number of nitrogens with zero attached hydrogens (tertiary/aromatic N) is 2. The fourth-order valence-corrected chi connectivity index (χ4v) is 4.54. The molecule has 2 atom stereocenters. The Kier molecular flexibility index (Phi) is 4.83. The Morgan fingerprint density at radius 2 is 2.28 bits per heavy atom. The maximum atomic E-state index is 12.4. The monoisotopic (exact) mass is 357 g/mol. The van der Waals surface area contributed by atoms with Crippen molar-refractivity contribution in [2.45, 2.75) is 37.5 Å². The summed E-state index contributed by atoms with van der Waals surface area (Å²) in [5.74, 6) is 0.0142. The molecule has 132 valence electrons. The van der Waals surface area contributed by atoms with Gasteiger partial charge in [-0.2, -0.15) is 0 Å². The highest BCUT2D eigenvalue weighted by Crippen LogP contribution is 2.35. The molecule has 4 rings (SSSR count). The van der Waals surface area contributed by atoms with Crippen LogP contribution in [0.1, 0.15) is 34.6 Å². The number of hydrogen-bond donors (Lipinski definition) is 1. The topological polar surface area (TPSA) is 54.5 Å². The maximum absolute atomic E-state index is 12.4. The standard InChI is InChI=1S/C19H23N3O2S/c23-18(15-4-2-1-3-5-15)21-16-6-10-24-19(12-16)7-9-22(14-19)13-17-20-8-11-25-17/h1-5,8,11,16H,6-7,9-10,12-14H2,(H,21,23)/t16-,19-/m1/s1. The first-order chi connectivity index (χ1) is 12.2. The number of carbonyl (C=O) groups excluding carboxylic acids is 1. The molecule has 2 aliphatic rings. The van der Waals surface area contributed by atoms with Gasteiger partial charge in [-0.25, -0.2) is 4.98 Å². The molecule has 2 fully saturated rings. The molecule has 6 heteroatoms. The molecule has 0 aliphatic carbocycles. The van der Waals surface area contributed by atoms with Crippen molar-refractivity contribution in [1.29, 1.82) is 0 Å². The van der Waals surface area contributed by atoms with Gasteiger partial charge in [-0.05, 0) is 31.4 Å². The lowest BCUT2D eigenvalue weighted by molar-refractivity contribution is -0.0793. The second-order valence-electron chi connectivity index (χ2n) is 6.95. The van der Waals surface area contributed by atoms with E-state index in [1.807, 2.05) is 41.9 Å². The van der Waals surface area contributed by atoms with Gasteiger partial charge < -0.3 is 10.1 Å². The third-order valence-corrected chi connectivity index (χ3v) is 5.87. The molecule has 2 aliphatic heterocycles. The highest BCUT2D eigenvalue weighted by Gasteiger charge is 2.43. The molecule has 3 heterocycles. The van der Waals surface area contributed by atoms with Gasteiger partial charge >= 0.3 is 0 Å². The van der Waals surface area contributed by atoms with Crippen LogP contribution in [0.25, 0.3) is 0 Å². The number of hydrogen-bond acceptors (Lipinski definition) is 5. The minimum absolute atomic E-state index is 0.0142. The molecule has 0 radical (unpaired) electrons. The lowest BCUT2D eigenvalue weighted by atomic mass is 9.89. The van der Waals surface area contributed by atoms with Gasteiger partial charge in [0.1, 0.15) is 5.01 Å². The Labute approximate surface area is 152 Å². The summed E-state index contributed by atoms with van der Waals surface area (Å²) in [6, 6.07) is 9.62. The zero-order valence-electron chi connectivity index (χ0n) is 14.2. The number of ether oxygens (including phenoxy) is 1. The fraction of sp³-hybridized carbons (Fsp3) is 0.474. The molecule has 1 spiro atoms. The quantitative estimate of drug-likeness (QED) is 0.914. The number of rotatable bonds is 4. The van der Waals surface area contributed by atoms with Crippen LogP contribution >= 0.6 is 11.3 Å². The van der Waals surface area contributed by atoms with Crippen molar-refractivity contribution in [3.8, 4) is 0 Å². The molecular weight excluding hydrogens is 334 g/mol. The zero-order valence-corrected chi connectivity index (χ0v) is 15.0. The molecule has 1 amide bonds. The second kappa shape index (κ2) is 7.23. The predicted octanol–water partition coefficient (Wildman–Crippen LogP) is 2.70. The van der Waals surface area contributed by atoms with Gasteiger partial charge in [-0.3, -0.25) is 9.69 Å². The minimum atomic E-state index is -0.121. The Balaban J connectivity index is 1.35. The van der Waals surface area contributed by atoms with E-state index in [-0.39, 0.29) is 17.6 Å². The molecule has 1 N–H and O–H groups in total. The molecule has 0 saturated carbocycles. The van der Waals surface area contributed by atoms with Gasteiger partial charge in [0.2, 0.25) is 0 Å². The summed E-state index contributed by atoms with van der Waals surface area (Å²) in [5, 5.41) is 6.37. The van der Waals surface area contributed by atoms with E-state index in [9.17, 15) is 4.79 Å². The van der Waals surface area contributed by atoms with Crippen LogP contribution in [-0.2, 0) is 11.3 Å². The van der Waals surface area contributed by atoms with Crippen LogP contribution in [0.3, 0.4) is 0 Å². The van der Waals surface area contributed by atoms with Crippen molar-refractivity contribution < 1.29 is 9.53 Å². The largest absolute Gasteiger partial charge is 0.373 e. The average molecular weight is 357 g/mol. The first-order valence-corrected chi connectivity index (χ1v) is 9.71. The SMILES string of the molecule is O=C(N[C@@H]1CCO[C@]2(CCN(Cc3nccs3)C2)C1)c1ccccc1. The number of nitrogens with one attached hydrogen (secondary N) is 1. The molecule has 2 aromatic rings. The van der Waals surface area contributed by atoms with E-state index in [0.717, 1.165) is 49.5 Å². The van der Waals surface area contributed by atoms with Crippen LogP contribution in [0.4, 0.5) is 0 Å². The Bertz CT molecular complexity index is 707. The van der Waals surface area contributed by atoms with Crippen molar-refractivity contribution in [3.63, 3.8) is 0 Å². The fourth-order valence-electron chi connectivity index (χ4n) is 3.88. The van der Waals surface area contributed by atoms with E-state index in [2.05, 4.69) is 15.2 Å². The number of thiazole rings is 1. The number of carbonyl (C=O) groups is 1. The number of benzene rings is 1. The normalized spacial score (nSPS) is 26.8. The third-order valence-electron chi connectivity index (χ3n) is 5.10. The molecule has 5 nitrogen and oxygen atoms in total. The van der Waals surface area contributed by atoms with Gasteiger partial charge in [0.15, 0.2) is 0 Å². The van der Waals surface area contributed by atoms with Crippen LogP contribution in [0.15, 0.2) is 41.9 Å². The van der Waals surface area contributed by atoms with Gasteiger partial charge in [-0.1, -0.05) is 18.2 Å². The van der Waals surface area contributed by atoms with Crippen molar-refractivity contribution in [2.75, 3.05) is 19.7 Å². The Hall–Kier alpha value is -1.76. The van der Waals surface area contributed by atoms with Gasteiger partial charge in [0, 0.05) is 42.9 Å². The van der Waals surface area contributed by atoms with Crippen LogP contribution in [0, 0.1) is 0 Å². The van der Waals surface area contributed by atoms with Gasteiger partial charge in [0.25, 0.3) is 5.91 Å². The highest BCUT2D eigenvalue weighted by molar-refractivity contribution is 7.09. The summed E-state index contributed by atoms with van der Waals surface area (Å²) in [6.07, 6.45) is 4.65. The smallest absolute Gasteiger partial charge is 0.251 e. The summed E-state index contributed by atoms with van der Waals surface area (Å²) in [6.45, 7) is 3.55. The van der Waals surface area contributed by atoms with Crippen LogP contribution in [-0.4, -0.2) is 47.1 Å². The summed E-state index contributed by atoms with van der Waals surface area (Å²) >= 11 is 1.70. The van der Waals surface area contributed by atoms with Crippen LogP contribution in [0.5, 0.6) is 0 Å². The number of amides is 1. The van der Waals surface area contributed by atoms with Crippen LogP contribution < -0.4 is 5.32 Å². The van der Waals surface area contributed by atoms with E-state index in [4.69, 9.17) is 4.74 Å². The lowest BCUT2D eigenvalue weighted by Gasteiger charge is -2.38. The second-order valence-corrected chi connectivity index (χ2v) is 7.93. The molecule has 25 heavy (non-hydrogen) atoms. The molecule has 1 aromatic heterocycles. The summed E-state index contributed by atoms with van der Waals surface area (Å²) < 4.78 is 6.18. The summed E-state index contributed by atoms with van der Waals surface area (Å²) in [4.78, 5) is 19.2. The van der Waals surface area contributed by atoms with E-state index in [0.29, 0.717) is 6.61 Å². The van der Waals surface area contributed by atoms with E-state index in [1.165, 1.54) is 0 Å². The summed E-state index contributed by atoms with van der Waals surface area (Å²) in [7, 11) is 0. The van der Waals surface area contributed by atoms with Crippen molar-refractivity contribution in [1.82, 2.24) is 15.2 Å². The molecule has 1 aromatic carbocycles. The minimum Gasteiger partial charge on any atom is -0.373 e. The first-order valence-electron chi connectivity index (χ1n) is 8.83. The number of likely N-dealkylation sites (tertiary alicyclic amines) is 1. The van der Waals surface area contributed by atoms with Gasteiger partial charge in [0.05, 0.1) is 12.1 Å². The molecular formula is C19H23N3O2S. The number of aromatic nitrogens is 1. The van der Waals surface area contributed by atoms with Gasteiger partial charge in [-0.15, -0.1) is 11.3 Å². The van der Waals surface area contributed by atoms with Crippen molar-refractivity contribution >= 4 is 17.2 Å². The summed E-state index contributed by atoms with van der Waals surface area (Å²) in [5.41, 5.74) is 0.601. The molecule has 2 saturated heterocycles. The van der Waals surface area contributed by atoms with Crippen molar-refractivity contribution in [3.05, 3.63) is 52.5 Å². The highest BCUT2D eigenvalue weighted by atomic mass is 32.1.